The fraction of sp³-hybridized carbons (Fsp3) is 0.860. The first-order valence-corrected chi connectivity index (χ1v) is 23.0. The van der Waals surface area contributed by atoms with Crippen molar-refractivity contribution in [3.8, 4) is 0 Å². The van der Waals surface area contributed by atoms with Crippen LogP contribution in [0.2, 0.25) is 0 Å². The van der Waals surface area contributed by atoms with E-state index in [1.807, 2.05) is 6.92 Å². The molecule has 1 rings (SSSR count). The molecule has 0 radical (unpaired) electrons. The molecule has 0 fully saturated rings. The summed E-state index contributed by atoms with van der Waals surface area (Å²) in [4.78, 5) is 58.8. The lowest BCUT2D eigenvalue weighted by Crippen LogP contribution is -2.32. The molecule has 1 aromatic heterocycles. The SMILES string of the molecule is CC(=O)[C@@H](C)CCCCNC(=O)COCCOCCNC(=O)COCCOCCNC(=O)COCCOCCNC(=O)CCCCCCCCCCCCCCCc1nn[nH]n1. The number of Topliss-reactive ketones (excluding diaryl/α,β-unsaturated/α-hetero) is 1. The van der Waals surface area contributed by atoms with Crippen molar-refractivity contribution in [2.75, 3.05) is 105 Å². The maximum atomic E-state index is 12.1. The van der Waals surface area contributed by atoms with Gasteiger partial charge < -0.3 is 49.7 Å². The Balaban J connectivity index is 1.73. The van der Waals surface area contributed by atoms with E-state index in [1.165, 1.54) is 64.2 Å². The molecule has 0 bridgehead atoms. The van der Waals surface area contributed by atoms with Gasteiger partial charge in [-0.3, -0.25) is 24.0 Å². The van der Waals surface area contributed by atoms with Gasteiger partial charge in [-0.15, -0.1) is 10.2 Å². The van der Waals surface area contributed by atoms with Gasteiger partial charge in [-0.2, -0.15) is 5.21 Å². The molecule has 1 atom stereocenters. The number of ketones is 1. The summed E-state index contributed by atoms with van der Waals surface area (Å²) in [5.41, 5.74) is 0. The number of carbonyl (C=O) groups is 5. The van der Waals surface area contributed by atoms with Crippen molar-refractivity contribution in [3.63, 3.8) is 0 Å². The molecule has 0 aliphatic carbocycles. The number of H-pyrrole nitrogens is 1. The predicted octanol–water partition coefficient (Wildman–Crippen LogP) is 3.16. The third kappa shape index (κ3) is 39.2. The molecule has 1 aromatic rings. The fourth-order valence-electron chi connectivity index (χ4n) is 5.99. The number of aryl methyl sites for hydroxylation is 1. The highest BCUT2D eigenvalue weighted by atomic mass is 16.5. The maximum Gasteiger partial charge on any atom is 0.246 e. The Hall–Kier alpha value is -3.62. The summed E-state index contributed by atoms with van der Waals surface area (Å²) >= 11 is 0. The molecule has 19 heteroatoms. The molecule has 0 saturated heterocycles. The van der Waals surface area contributed by atoms with E-state index in [4.69, 9.17) is 28.4 Å². The molecule has 0 spiro atoms. The number of hydrogen-bond donors (Lipinski definition) is 5. The average Bonchev–Trinajstić information content (AvgIpc) is 3.78. The third-order valence-electron chi connectivity index (χ3n) is 9.79. The van der Waals surface area contributed by atoms with Crippen LogP contribution in [-0.2, 0) is 58.8 Å². The van der Waals surface area contributed by atoms with E-state index in [-0.39, 0.29) is 88.2 Å². The lowest BCUT2D eigenvalue weighted by atomic mass is 10.0. The van der Waals surface area contributed by atoms with E-state index in [0.29, 0.717) is 59.0 Å². The monoisotopic (exact) mass is 885 g/mol. The summed E-state index contributed by atoms with van der Waals surface area (Å²) in [5.74, 6) is 0.370. The van der Waals surface area contributed by atoms with Crippen LogP contribution in [-0.4, -0.2) is 155 Å². The van der Waals surface area contributed by atoms with Gasteiger partial charge in [0.25, 0.3) is 0 Å². The highest BCUT2D eigenvalue weighted by molar-refractivity contribution is 5.78. The molecule has 0 aliphatic rings. The second-order valence-electron chi connectivity index (χ2n) is 15.3. The largest absolute Gasteiger partial charge is 0.377 e. The topological polar surface area (TPSA) is 243 Å². The molecule has 1 heterocycles. The molecule has 19 nitrogen and oxygen atoms in total. The molecular formula is C43H80N8O11. The van der Waals surface area contributed by atoms with Gasteiger partial charge in [-0.25, -0.2) is 0 Å². The first-order chi connectivity index (χ1) is 30.3. The Morgan fingerprint density at radius 2 is 0.887 bits per heavy atom. The molecule has 5 N–H and O–H groups in total. The lowest BCUT2D eigenvalue weighted by molar-refractivity contribution is -0.127. The van der Waals surface area contributed by atoms with Crippen molar-refractivity contribution in [1.82, 2.24) is 41.9 Å². The van der Waals surface area contributed by atoms with E-state index in [1.54, 1.807) is 6.92 Å². The second-order valence-corrected chi connectivity index (χ2v) is 15.3. The Bertz CT molecular complexity index is 1250. The summed E-state index contributed by atoms with van der Waals surface area (Å²) in [7, 11) is 0. The summed E-state index contributed by atoms with van der Waals surface area (Å²) in [6.45, 7) is 7.50. The molecule has 62 heavy (non-hydrogen) atoms. The van der Waals surface area contributed by atoms with Crippen molar-refractivity contribution in [3.05, 3.63) is 5.82 Å². The van der Waals surface area contributed by atoms with E-state index >= 15 is 0 Å². The van der Waals surface area contributed by atoms with Crippen LogP contribution in [0.4, 0.5) is 0 Å². The number of hydrogen-bond acceptors (Lipinski definition) is 14. The van der Waals surface area contributed by atoms with Gasteiger partial charge in [0.2, 0.25) is 23.6 Å². The van der Waals surface area contributed by atoms with Gasteiger partial charge in [-0.1, -0.05) is 89.2 Å². The number of carbonyl (C=O) groups excluding carboxylic acids is 5. The number of nitrogens with one attached hydrogen (secondary N) is 5. The van der Waals surface area contributed by atoms with Crippen molar-refractivity contribution >= 4 is 29.4 Å². The zero-order valence-electron chi connectivity index (χ0n) is 38.0. The van der Waals surface area contributed by atoms with Crippen molar-refractivity contribution in [2.24, 2.45) is 5.92 Å². The first-order valence-electron chi connectivity index (χ1n) is 23.0. The maximum absolute atomic E-state index is 12.1. The Labute approximate surface area is 369 Å². The van der Waals surface area contributed by atoms with Crippen LogP contribution in [0.1, 0.15) is 129 Å². The molecule has 0 aromatic carbocycles. The van der Waals surface area contributed by atoms with E-state index in [2.05, 4.69) is 41.9 Å². The van der Waals surface area contributed by atoms with Gasteiger partial charge in [0, 0.05) is 44.9 Å². The average molecular weight is 885 g/mol. The van der Waals surface area contributed by atoms with Crippen molar-refractivity contribution in [2.45, 2.75) is 129 Å². The van der Waals surface area contributed by atoms with Crippen molar-refractivity contribution < 1.29 is 52.4 Å². The number of nitrogens with zero attached hydrogens (tertiary/aromatic N) is 3. The zero-order valence-corrected chi connectivity index (χ0v) is 38.0. The smallest absolute Gasteiger partial charge is 0.246 e. The molecular weight excluding hydrogens is 805 g/mol. The molecule has 0 saturated carbocycles. The normalized spacial score (nSPS) is 11.6. The summed E-state index contributed by atoms with van der Waals surface area (Å²) < 4.78 is 32.2. The Morgan fingerprint density at radius 1 is 0.484 bits per heavy atom. The van der Waals surface area contributed by atoms with E-state index in [9.17, 15) is 24.0 Å². The lowest BCUT2D eigenvalue weighted by Gasteiger charge is -2.09. The summed E-state index contributed by atoms with van der Waals surface area (Å²) in [6, 6.07) is 0. The predicted molar refractivity (Wildman–Crippen MR) is 233 cm³/mol. The zero-order chi connectivity index (χ0) is 45.0. The van der Waals surface area contributed by atoms with Crippen LogP contribution in [0, 0.1) is 5.92 Å². The van der Waals surface area contributed by atoms with Crippen LogP contribution in [0.25, 0.3) is 0 Å². The van der Waals surface area contributed by atoms with Crippen LogP contribution in [0.3, 0.4) is 0 Å². The fourth-order valence-corrected chi connectivity index (χ4v) is 5.99. The van der Waals surface area contributed by atoms with Gasteiger partial charge >= 0.3 is 0 Å². The number of ether oxygens (including phenoxy) is 6. The second kappa shape index (κ2) is 42.7. The minimum absolute atomic E-state index is 0.0485. The van der Waals surface area contributed by atoms with Crippen LogP contribution >= 0.6 is 0 Å². The number of unbranched alkanes of at least 4 members (excludes halogenated alkanes) is 13. The minimum atomic E-state index is -0.279. The van der Waals surface area contributed by atoms with E-state index < -0.39 is 0 Å². The van der Waals surface area contributed by atoms with Crippen LogP contribution in [0.5, 0.6) is 0 Å². The van der Waals surface area contributed by atoms with Crippen LogP contribution in [0.15, 0.2) is 0 Å². The number of aromatic amines is 1. The van der Waals surface area contributed by atoms with Gasteiger partial charge in [-0.05, 0) is 32.6 Å². The number of amides is 4. The Kier molecular flexibility index (Phi) is 38.8. The Morgan fingerprint density at radius 3 is 1.32 bits per heavy atom. The number of tetrazole rings is 1. The van der Waals surface area contributed by atoms with Crippen LogP contribution < -0.4 is 21.3 Å². The highest BCUT2D eigenvalue weighted by Gasteiger charge is 2.08. The third-order valence-corrected chi connectivity index (χ3v) is 9.79. The summed E-state index contributed by atoms with van der Waals surface area (Å²) in [5, 5.41) is 25.1. The summed E-state index contributed by atoms with van der Waals surface area (Å²) in [6.07, 6.45) is 19.9. The van der Waals surface area contributed by atoms with Gasteiger partial charge in [0.05, 0.1) is 59.5 Å². The first kappa shape index (κ1) is 56.4. The molecule has 0 unspecified atom stereocenters. The number of aromatic nitrogens is 4. The molecule has 358 valence electrons. The van der Waals surface area contributed by atoms with Gasteiger partial charge in [0.15, 0.2) is 5.82 Å². The minimum Gasteiger partial charge on any atom is -0.377 e. The van der Waals surface area contributed by atoms with Gasteiger partial charge in [0.1, 0.15) is 25.6 Å². The number of rotatable bonds is 46. The van der Waals surface area contributed by atoms with Crippen molar-refractivity contribution in [1.29, 1.82) is 0 Å². The standard InChI is InChI=1S/C43H80N8O11/c1-37(38(2)52)18-16-17-21-44-41(54)34-60-31-29-58-26-23-46-43(56)36-62-33-30-59-27-24-47-42(55)35-61-32-28-57-25-22-45-40(53)20-15-13-11-9-7-5-3-4-6-8-10-12-14-19-39-48-50-51-49-39/h37H,3-36H2,1-2H3,(H,44,54)(H,45,53)(H,46,56)(H,47,55)(H,48,49,50,51)/t37-/m0/s1. The molecule has 0 aliphatic heterocycles. The highest BCUT2D eigenvalue weighted by Crippen LogP contribution is 2.13. The van der Waals surface area contributed by atoms with E-state index in [0.717, 1.165) is 50.8 Å². The quantitative estimate of drug-likeness (QED) is 0.0591. The molecule has 4 amide bonds.